The van der Waals surface area contributed by atoms with E-state index in [2.05, 4.69) is 30.2 Å². The van der Waals surface area contributed by atoms with Crippen molar-refractivity contribution in [2.24, 2.45) is 7.05 Å². The van der Waals surface area contributed by atoms with E-state index in [9.17, 15) is 23.1 Å². The second kappa shape index (κ2) is 11.0. The van der Waals surface area contributed by atoms with Crippen LogP contribution in [-0.2, 0) is 27.5 Å². The lowest BCUT2D eigenvalue weighted by Gasteiger charge is -2.53. The highest BCUT2D eigenvalue weighted by Gasteiger charge is 2.50. The molecule has 1 N–H and O–H groups in total. The number of carbonyl (C=O) groups is 1. The van der Waals surface area contributed by atoms with Crippen LogP contribution in [0.2, 0.25) is 0 Å². The van der Waals surface area contributed by atoms with E-state index in [0.29, 0.717) is 54.3 Å². The van der Waals surface area contributed by atoms with Crippen molar-refractivity contribution in [1.82, 2.24) is 29.9 Å². The molecule has 3 aliphatic rings. The molecule has 1 unspecified atom stereocenters. The first kappa shape index (κ1) is 30.3. The Bertz CT molecular complexity index is 2050. The first-order chi connectivity index (χ1) is 23.0. The number of halogens is 3. The topological polar surface area (TPSA) is 154 Å². The van der Waals surface area contributed by atoms with Crippen LogP contribution in [0.3, 0.4) is 0 Å². The number of aliphatic carboxylic acids is 1. The number of para-hydroxylation sites is 1. The molecule has 0 amide bonds. The molecular weight excluding hydrogens is 637 g/mol. The number of anilines is 2. The lowest BCUT2D eigenvalue weighted by Crippen LogP contribution is -2.68. The molecule has 5 aromatic rings. The van der Waals surface area contributed by atoms with Gasteiger partial charge in [0, 0.05) is 37.2 Å². The van der Waals surface area contributed by atoms with Gasteiger partial charge in [0.25, 0.3) is 0 Å². The van der Waals surface area contributed by atoms with Crippen molar-refractivity contribution in [3.05, 3.63) is 48.5 Å². The Balaban J connectivity index is 1.18. The van der Waals surface area contributed by atoms with Crippen molar-refractivity contribution in [3.8, 4) is 17.1 Å². The maximum atomic E-state index is 14.0. The number of fused-ring (bicyclic) bond motifs is 3. The number of carboxylic acids is 1. The van der Waals surface area contributed by atoms with E-state index in [-0.39, 0.29) is 41.8 Å². The molecule has 0 saturated carbocycles. The maximum absolute atomic E-state index is 14.0. The van der Waals surface area contributed by atoms with Crippen LogP contribution in [0.1, 0.15) is 19.2 Å². The molecule has 7 heterocycles. The molecule has 1 aromatic carbocycles. The molecule has 3 saturated heterocycles. The number of alkyl halides is 3. The summed E-state index contributed by atoms with van der Waals surface area (Å²) in [4.78, 5) is 28.2. The second-order valence-electron chi connectivity index (χ2n) is 12.2. The highest BCUT2D eigenvalue weighted by Crippen LogP contribution is 2.42. The Labute approximate surface area is 270 Å². The maximum Gasteiger partial charge on any atom is 0.451 e. The number of hydrogen-bond donors (Lipinski definition) is 1. The summed E-state index contributed by atoms with van der Waals surface area (Å²) in [5.74, 6) is -2.70. The van der Waals surface area contributed by atoms with Crippen molar-refractivity contribution in [2.45, 2.75) is 43.3 Å². The van der Waals surface area contributed by atoms with Crippen LogP contribution < -0.4 is 14.5 Å². The summed E-state index contributed by atoms with van der Waals surface area (Å²) in [5.41, 5.74) is 1.61. The van der Waals surface area contributed by atoms with Crippen molar-refractivity contribution < 1.29 is 41.7 Å². The minimum absolute atomic E-state index is 0.0432. The van der Waals surface area contributed by atoms with Crippen LogP contribution in [0.15, 0.2) is 47.1 Å². The SMILES string of the molecule is C[C@@H]1N(c2cc(-c3cn(C)nn3)cnc2OC2C[C@@H](C(=O)O)N(c3nc(C(F)(F)F)nc4c3oc3ccccc34)C2)CCOC12COC2. The number of furan rings is 1. The molecular formula is C31H29F3N8O6. The van der Waals surface area contributed by atoms with Gasteiger partial charge >= 0.3 is 12.1 Å². The van der Waals surface area contributed by atoms with E-state index < -0.39 is 35.7 Å². The van der Waals surface area contributed by atoms with Crippen LogP contribution in [0.5, 0.6) is 5.88 Å². The van der Waals surface area contributed by atoms with Crippen LogP contribution in [0.25, 0.3) is 33.3 Å². The molecule has 4 aromatic heterocycles. The van der Waals surface area contributed by atoms with E-state index in [1.165, 1.54) is 4.90 Å². The number of rotatable bonds is 6. The molecule has 1 spiro atoms. The van der Waals surface area contributed by atoms with E-state index in [1.54, 1.807) is 48.4 Å². The van der Waals surface area contributed by atoms with E-state index >= 15 is 0 Å². The van der Waals surface area contributed by atoms with Crippen molar-refractivity contribution in [2.75, 3.05) is 42.7 Å². The van der Waals surface area contributed by atoms with Crippen LogP contribution in [0.4, 0.5) is 24.7 Å². The van der Waals surface area contributed by atoms with Gasteiger partial charge in [-0.2, -0.15) is 13.2 Å². The predicted molar refractivity (Wildman–Crippen MR) is 163 cm³/mol. The molecule has 0 bridgehead atoms. The highest BCUT2D eigenvalue weighted by atomic mass is 19.4. The standard InChI is InChI=1S/C31H29F3N8O6/c1-16-30(14-45-15-30)46-8-7-41(16)21-9-17(20-13-40(2)39-38-20)11-35-27(21)47-18-10-22(28(43)44)42(12-18)26-25-24(36-29(37-26)31(32,33)34)19-5-3-4-6-23(19)48-25/h3-6,9,11,13,16,18,22H,7-8,10,12,14-15H2,1-2H3,(H,43,44)/t16-,18?,22-/m0/s1. The fraction of sp³-hybridized carbons (Fsp3) is 0.419. The Morgan fingerprint density at radius 1 is 1.17 bits per heavy atom. The van der Waals surface area contributed by atoms with Gasteiger partial charge in [0.2, 0.25) is 11.7 Å². The van der Waals surface area contributed by atoms with Crippen molar-refractivity contribution >= 4 is 39.5 Å². The molecule has 250 valence electrons. The van der Waals surface area contributed by atoms with Gasteiger partial charge in [0.1, 0.15) is 40.2 Å². The summed E-state index contributed by atoms with van der Waals surface area (Å²) < 4.78 is 67.7. The zero-order valence-electron chi connectivity index (χ0n) is 25.7. The lowest BCUT2D eigenvalue weighted by molar-refractivity contribution is -0.228. The van der Waals surface area contributed by atoms with Gasteiger partial charge in [-0.1, -0.05) is 17.3 Å². The molecule has 0 radical (unpaired) electrons. The number of hydrogen-bond acceptors (Lipinski definition) is 12. The lowest BCUT2D eigenvalue weighted by atomic mass is 9.90. The summed E-state index contributed by atoms with van der Waals surface area (Å²) in [6, 6.07) is 7.01. The number of ether oxygens (including phenoxy) is 3. The molecule has 3 atom stereocenters. The summed E-state index contributed by atoms with van der Waals surface area (Å²) >= 11 is 0. The Kier molecular flexibility index (Phi) is 6.96. The smallest absolute Gasteiger partial charge is 0.451 e. The molecule has 0 aliphatic carbocycles. The minimum Gasteiger partial charge on any atom is -0.480 e. The van der Waals surface area contributed by atoms with Gasteiger partial charge in [-0.25, -0.2) is 19.7 Å². The summed E-state index contributed by atoms with van der Waals surface area (Å²) in [5, 5.41) is 18.9. The predicted octanol–water partition coefficient (Wildman–Crippen LogP) is 3.69. The third-order valence-corrected chi connectivity index (χ3v) is 9.24. The van der Waals surface area contributed by atoms with Gasteiger partial charge in [-0.3, -0.25) is 4.68 Å². The zero-order valence-corrected chi connectivity index (χ0v) is 25.7. The van der Waals surface area contributed by atoms with Gasteiger partial charge in [-0.15, -0.1) is 5.10 Å². The fourth-order valence-corrected chi connectivity index (χ4v) is 6.67. The monoisotopic (exact) mass is 666 g/mol. The van der Waals surface area contributed by atoms with Crippen molar-refractivity contribution in [1.29, 1.82) is 0 Å². The number of morpholine rings is 1. The van der Waals surface area contributed by atoms with E-state index in [4.69, 9.17) is 18.6 Å². The summed E-state index contributed by atoms with van der Waals surface area (Å²) in [6.07, 6.45) is -2.40. The quantitative estimate of drug-likeness (QED) is 0.281. The van der Waals surface area contributed by atoms with Gasteiger partial charge < -0.3 is 33.5 Å². The average Bonchev–Trinajstić information content (AvgIpc) is 3.77. The molecule has 17 heteroatoms. The van der Waals surface area contributed by atoms with Gasteiger partial charge in [0.15, 0.2) is 11.4 Å². The molecule has 48 heavy (non-hydrogen) atoms. The van der Waals surface area contributed by atoms with E-state index in [1.807, 2.05) is 13.0 Å². The Hall–Kier alpha value is -5.03. The number of nitrogens with zero attached hydrogens (tertiary/aromatic N) is 8. The third-order valence-electron chi connectivity index (χ3n) is 9.24. The van der Waals surface area contributed by atoms with Gasteiger partial charge in [-0.05, 0) is 25.1 Å². The first-order valence-electron chi connectivity index (χ1n) is 15.3. The highest BCUT2D eigenvalue weighted by molar-refractivity contribution is 6.06. The fourth-order valence-electron chi connectivity index (χ4n) is 6.67. The zero-order chi connectivity index (χ0) is 33.4. The summed E-state index contributed by atoms with van der Waals surface area (Å²) in [6.45, 7) is 3.75. The van der Waals surface area contributed by atoms with E-state index in [0.717, 1.165) is 0 Å². The molecule has 3 aliphatic heterocycles. The van der Waals surface area contributed by atoms with Crippen LogP contribution >= 0.6 is 0 Å². The van der Waals surface area contributed by atoms with Crippen molar-refractivity contribution in [3.63, 3.8) is 0 Å². The number of aromatic nitrogens is 6. The Morgan fingerprint density at radius 3 is 2.69 bits per heavy atom. The Morgan fingerprint density at radius 2 is 1.98 bits per heavy atom. The van der Waals surface area contributed by atoms with Crippen LogP contribution in [0, 0.1) is 0 Å². The summed E-state index contributed by atoms with van der Waals surface area (Å²) in [7, 11) is 1.76. The minimum atomic E-state index is -4.89. The number of benzene rings is 1. The normalized spacial score (nSPS) is 22.5. The molecule has 14 nitrogen and oxygen atoms in total. The average molecular weight is 667 g/mol. The molecule has 3 fully saturated rings. The number of aryl methyl sites for hydroxylation is 1. The second-order valence-corrected chi connectivity index (χ2v) is 12.2. The number of carboxylic acid groups (broad SMARTS) is 1. The third kappa shape index (κ3) is 4.95. The van der Waals surface area contributed by atoms with Crippen LogP contribution in [-0.4, -0.2) is 97.7 Å². The molecule has 8 rings (SSSR count). The largest absolute Gasteiger partial charge is 0.480 e. The number of pyridine rings is 1. The first-order valence-corrected chi connectivity index (χ1v) is 15.3. The van der Waals surface area contributed by atoms with Gasteiger partial charge in [0.05, 0.1) is 38.6 Å².